The number of carbonyl (C=O) groups excluding carboxylic acids is 2. The summed E-state index contributed by atoms with van der Waals surface area (Å²) in [7, 11) is 1.27. The minimum absolute atomic E-state index is 0.496. The van der Waals surface area contributed by atoms with Gasteiger partial charge in [0, 0.05) is 5.69 Å². The highest BCUT2D eigenvalue weighted by atomic mass is 16.6. The lowest BCUT2D eigenvalue weighted by atomic mass is 10.1. The number of carbonyl (C=O) groups is 2. The normalized spacial score (nSPS) is 12.4. The van der Waals surface area contributed by atoms with Crippen molar-refractivity contribution in [2.75, 3.05) is 12.4 Å². The Morgan fingerprint density at radius 3 is 2.50 bits per heavy atom. The van der Waals surface area contributed by atoms with Crippen molar-refractivity contribution in [3.05, 3.63) is 29.8 Å². The van der Waals surface area contributed by atoms with Gasteiger partial charge in [-0.3, -0.25) is 10.1 Å². The molecule has 20 heavy (non-hydrogen) atoms. The molecule has 0 aliphatic heterocycles. The van der Waals surface area contributed by atoms with Crippen LogP contribution in [-0.4, -0.2) is 24.8 Å². The van der Waals surface area contributed by atoms with Crippen LogP contribution in [0.5, 0.6) is 0 Å². The second kappa shape index (κ2) is 6.38. The highest BCUT2D eigenvalue weighted by molar-refractivity contribution is 5.85. The topological polar surface area (TPSA) is 90.6 Å². The predicted octanol–water partition coefficient (Wildman–Crippen LogP) is 2.21. The van der Waals surface area contributed by atoms with E-state index in [1.54, 1.807) is 45.0 Å². The standard InChI is InChI=1S/C14H20N2O4/c1-14(2,3)20-13(18)16-10-7-5-6-9(8-10)11(15)12(17)19-4/h5-8,11H,15H2,1-4H3,(H,16,18). The van der Waals surface area contributed by atoms with E-state index in [-0.39, 0.29) is 0 Å². The Balaban J connectivity index is 2.78. The van der Waals surface area contributed by atoms with Gasteiger partial charge in [0.2, 0.25) is 0 Å². The molecule has 0 saturated carbocycles. The Morgan fingerprint density at radius 1 is 1.30 bits per heavy atom. The van der Waals surface area contributed by atoms with Crippen LogP contribution < -0.4 is 11.1 Å². The van der Waals surface area contributed by atoms with E-state index in [1.807, 2.05) is 0 Å². The van der Waals surface area contributed by atoms with E-state index in [4.69, 9.17) is 10.5 Å². The minimum Gasteiger partial charge on any atom is -0.468 e. The van der Waals surface area contributed by atoms with Crippen LogP contribution in [0, 0.1) is 0 Å². The number of nitrogens with two attached hydrogens (primary N) is 1. The molecular formula is C14H20N2O4. The lowest BCUT2D eigenvalue weighted by Crippen LogP contribution is -2.27. The molecule has 110 valence electrons. The van der Waals surface area contributed by atoms with Crippen molar-refractivity contribution >= 4 is 17.7 Å². The Morgan fingerprint density at radius 2 is 1.95 bits per heavy atom. The Hall–Kier alpha value is -2.08. The van der Waals surface area contributed by atoms with Crippen molar-refractivity contribution in [1.29, 1.82) is 0 Å². The number of amides is 1. The average molecular weight is 280 g/mol. The molecule has 6 heteroatoms. The molecule has 0 heterocycles. The zero-order valence-electron chi connectivity index (χ0n) is 12.1. The summed E-state index contributed by atoms with van der Waals surface area (Å²) >= 11 is 0. The highest BCUT2D eigenvalue weighted by Gasteiger charge is 2.18. The molecule has 0 aromatic heterocycles. The van der Waals surface area contributed by atoms with Crippen LogP contribution in [0.1, 0.15) is 32.4 Å². The van der Waals surface area contributed by atoms with Crippen molar-refractivity contribution < 1.29 is 19.1 Å². The third kappa shape index (κ3) is 4.89. The summed E-state index contributed by atoms with van der Waals surface area (Å²) < 4.78 is 9.71. The number of hydrogen-bond donors (Lipinski definition) is 2. The van der Waals surface area contributed by atoms with E-state index in [2.05, 4.69) is 10.1 Å². The van der Waals surface area contributed by atoms with Crippen LogP contribution in [0.25, 0.3) is 0 Å². The van der Waals surface area contributed by atoms with Gasteiger partial charge in [-0.25, -0.2) is 4.79 Å². The number of nitrogens with one attached hydrogen (secondary N) is 1. The number of hydrogen-bond acceptors (Lipinski definition) is 5. The van der Waals surface area contributed by atoms with E-state index in [0.29, 0.717) is 11.3 Å². The summed E-state index contributed by atoms with van der Waals surface area (Å²) in [5.41, 5.74) is 6.20. The molecule has 0 fully saturated rings. The first-order chi connectivity index (χ1) is 9.23. The van der Waals surface area contributed by atoms with E-state index < -0.39 is 23.7 Å². The molecule has 0 saturated heterocycles. The second-order valence-electron chi connectivity index (χ2n) is 5.25. The van der Waals surface area contributed by atoms with Gasteiger partial charge in [-0.05, 0) is 38.5 Å². The Bertz CT molecular complexity index is 494. The van der Waals surface area contributed by atoms with Crippen molar-refractivity contribution in [2.45, 2.75) is 32.4 Å². The van der Waals surface area contributed by atoms with Crippen molar-refractivity contribution in [3.63, 3.8) is 0 Å². The summed E-state index contributed by atoms with van der Waals surface area (Å²) in [6, 6.07) is 5.76. The van der Waals surface area contributed by atoms with Crippen LogP contribution >= 0.6 is 0 Å². The van der Waals surface area contributed by atoms with Gasteiger partial charge in [0.25, 0.3) is 0 Å². The molecule has 0 aliphatic rings. The van der Waals surface area contributed by atoms with E-state index >= 15 is 0 Å². The number of esters is 1. The van der Waals surface area contributed by atoms with Crippen LogP contribution in [0.4, 0.5) is 10.5 Å². The smallest absolute Gasteiger partial charge is 0.412 e. The largest absolute Gasteiger partial charge is 0.468 e. The van der Waals surface area contributed by atoms with Gasteiger partial charge in [-0.15, -0.1) is 0 Å². The molecule has 0 bridgehead atoms. The predicted molar refractivity (Wildman–Crippen MR) is 75.2 cm³/mol. The summed E-state index contributed by atoms with van der Waals surface area (Å²) in [6.45, 7) is 5.32. The van der Waals surface area contributed by atoms with E-state index in [0.717, 1.165) is 0 Å². The van der Waals surface area contributed by atoms with Gasteiger partial charge in [0.15, 0.2) is 0 Å². The molecule has 0 radical (unpaired) electrons. The van der Waals surface area contributed by atoms with E-state index in [9.17, 15) is 9.59 Å². The maximum absolute atomic E-state index is 11.6. The second-order valence-corrected chi connectivity index (χ2v) is 5.25. The first-order valence-electron chi connectivity index (χ1n) is 6.16. The lowest BCUT2D eigenvalue weighted by Gasteiger charge is -2.20. The highest BCUT2D eigenvalue weighted by Crippen LogP contribution is 2.18. The number of rotatable bonds is 3. The summed E-state index contributed by atoms with van der Waals surface area (Å²) in [6.07, 6.45) is -0.568. The summed E-state index contributed by atoms with van der Waals surface area (Å²) in [5.74, 6) is -0.542. The van der Waals surface area contributed by atoms with Gasteiger partial charge in [-0.1, -0.05) is 12.1 Å². The SMILES string of the molecule is COC(=O)C(N)c1cccc(NC(=O)OC(C)(C)C)c1. The number of benzene rings is 1. The van der Waals surface area contributed by atoms with Crippen LogP contribution in [0.2, 0.25) is 0 Å². The quantitative estimate of drug-likeness (QED) is 0.828. The summed E-state index contributed by atoms with van der Waals surface area (Å²) in [5, 5.41) is 2.58. The molecule has 1 aromatic carbocycles. The Labute approximate surface area is 118 Å². The molecule has 1 atom stereocenters. The maximum Gasteiger partial charge on any atom is 0.412 e. The Kier molecular flexibility index (Phi) is 5.10. The molecule has 3 N–H and O–H groups in total. The zero-order valence-corrected chi connectivity index (χ0v) is 12.1. The van der Waals surface area contributed by atoms with Gasteiger partial charge in [0.1, 0.15) is 11.6 Å². The number of methoxy groups -OCH3 is 1. The number of ether oxygens (including phenoxy) is 2. The molecule has 0 spiro atoms. The van der Waals surface area contributed by atoms with Crippen molar-refractivity contribution in [1.82, 2.24) is 0 Å². The minimum atomic E-state index is -0.889. The monoisotopic (exact) mass is 280 g/mol. The van der Waals surface area contributed by atoms with Crippen molar-refractivity contribution in [3.8, 4) is 0 Å². The third-order valence-electron chi connectivity index (χ3n) is 2.35. The van der Waals surface area contributed by atoms with Crippen molar-refractivity contribution in [2.24, 2.45) is 5.73 Å². The fraction of sp³-hybridized carbons (Fsp3) is 0.429. The van der Waals surface area contributed by atoms with Gasteiger partial charge in [0.05, 0.1) is 7.11 Å². The molecule has 6 nitrogen and oxygen atoms in total. The fourth-order valence-corrected chi connectivity index (χ4v) is 1.49. The van der Waals surface area contributed by atoms with Gasteiger partial charge in [-0.2, -0.15) is 0 Å². The van der Waals surface area contributed by atoms with E-state index in [1.165, 1.54) is 7.11 Å². The fourth-order valence-electron chi connectivity index (χ4n) is 1.49. The number of anilines is 1. The third-order valence-corrected chi connectivity index (χ3v) is 2.35. The summed E-state index contributed by atoms with van der Waals surface area (Å²) in [4.78, 5) is 23.0. The molecule has 1 aromatic rings. The van der Waals surface area contributed by atoms with Crippen LogP contribution in [0.3, 0.4) is 0 Å². The maximum atomic E-state index is 11.6. The van der Waals surface area contributed by atoms with Gasteiger partial charge >= 0.3 is 12.1 Å². The molecule has 1 amide bonds. The molecule has 1 rings (SSSR count). The zero-order chi connectivity index (χ0) is 15.3. The molecule has 0 aliphatic carbocycles. The van der Waals surface area contributed by atoms with Crippen LogP contribution in [-0.2, 0) is 14.3 Å². The first-order valence-corrected chi connectivity index (χ1v) is 6.16. The molecular weight excluding hydrogens is 260 g/mol. The lowest BCUT2D eigenvalue weighted by molar-refractivity contribution is -0.142. The molecule has 1 unspecified atom stereocenters. The van der Waals surface area contributed by atoms with Gasteiger partial charge < -0.3 is 15.2 Å². The average Bonchev–Trinajstić information content (AvgIpc) is 2.34. The first kappa shape index (κ1) is 16.0. The van der Waals surface area contributed by atoms with Crippen LogP contribution in [0.15, 0.2) is 24.3 Å².